The van der Waals surface area contributed by atoms with Gasteiger partial charge < -0.3 is 5.11 Å². The zero-order valence-corrected chi connectivity index (χ0v) is 7.26. The fourth-order valence-electron chi connectivity index (χ4n) is 0.652. The molecule has 5 heteroatoms. The molecule has 1 aromatic rings. The number of nitrogens with one attached hydrogen (secondary N) is 1. The Bertz CT molecular complexity index is 280. The topological polar surface area (TPSA) is 66.0 Å². The lowest BCUT2D eigenvalue weighted by Gasteiger charge is -1.88. The van der Waals surface area contributed by atoms with Crippen LogP contribution < -0.4 is 0 Å². The van der Waals surface area contributed by atoms with Gasteiger partial charge in [-0.2, -0.15) is 5.10 Å². The van der Waals surface area contributed by atoms with E-state index in [2.05, 4.69) is 10.2 Å². The van der Waals surface area contributed by atoms with E-state index in [4.69, 9.17) is 5.11 Å². The van der Waals surface area contributed by atoms with Crippen LogP contribution >= 0.6 is 12.4 Å². The Hall–Kier alpha value is -1.29. The minimum absolute atomic E-state index is 0. The number of H-pyrrole nitrogens is 1. The Kier molecular flexibility index (Phi) is 4.07. The number of hydrogen-bond acceptors (Lipinski definition) is 2. The summed E-state index contributed by atoms with van der Waals surface area (Å²) in [6, 6.07) is 0. The van der Waals surface area contributed by atoms with Gasteiger partial charge in [0.05, 0.1) is 6.20 Å². The van der Waals surface area contributed by atoms with E-state index in [0.29, 0.717) is 5.57 Å². The smallest absolute Gasteiger partial charge is 0.331 e. The summed E-state index contributed by atoms with van der Waals surface area (Å²) in [6.45, 7) is 1.54. The van der Waals surface area contributed by atoms with E-state index < -0.39 is 5.97 Å². The summed E-state index contributed by atoms with van der Waals surface area (Å²) in [7, 11) is 0. The summed E-state index contributed by atoms with van der Waals surface area (Å²) < 4.78 is 0. The summed E-state index contributed by atoms with van der Waals surface area (Å²) in [4.78, 5) is 10.3. The van der Waals surface area contributed by atoms with E-state index in [1.54, 1.807) is 18.5 Å². The number of nitrogens with zero attached hydrogens (tertiary/aromatic N) is 1. The number of aromatic amines is 1. The summed E-state index contributed by atoms with van der Waals surface area (Å²) in [5, 5.41) is 14.7. The van der Waals surface area contributed by atoms with Gasteiger partial charge in [0.25, 0.3) is 0 Å². The second-order valence-electron chi connectivity index (χ2n) is 2.16. The van der Waals surface area contributed by atoms with Crippen molar-refractivity contribution in [1.82, 2.24) is 10.2 Å². The molecule has 0 atom stereocenters. The number of carboxylic acid groups (broad SMARTS) is 1. The second kappa shape index (κ2) is 4.56. The predicted octanol–water partition coefficient (Wildman–Crippen LogP) is 1.32. The predicted molar refractivity (Wildman–Crippen MR) is 47.1 cm³/mol. The Morgan fingerprint density at radius 1 is 1.75 bits per heavy atom. The van der Waals surface area contributed by atoms with Crippen molar-refractivity contribution in [3.05, 3.63) is 23.5 Å². The van der Waals surface area contributed by atoms with Gasteiger partial charge >= 0.3 is 5.97 Å². The highest BCUT2D eigenvalue weighted by atomic mass is 35.5. The first-order chi connectivity index (χ1) is 5.20. The average Bonchev–Trinajstić information content (AvgIpc) is 2.39. The Balaban J connectivity index is 0.00000121. The maximum atomic E-state index is 10.3. The normalized spacial score (nSPS) is 10.6. The molecular formula is C7H9ClN2O2. The lowest BCUT2D eigenvalue weighted by Crippen LogP contribution is -1.94. The Labute approximate surface area is 75.7 Å². The lowest BCUT2D eigenvalue weighted by molar-refractivity contribution is -0.132. The molecule has 0 fully saturated rings. The molecule has 0 saturated carbocycles. The van der Waals surface area contributed by atoms with Crippen LogP contribution in [0.1, 0.15) is 12.5 Å². The maximum Gasteiger partial charge on any atom is 0.331 e. The highest BCUT2D eigenvalue weighted by molar-refractivity contribution is 5.91. The minimum atomic E-state index is -0.911. The van der Waals surface area contributed by atoms with Crippen LogP contribution in [-0.2, 0) is 4.79 Å². The van der Waals surface area contributed by atoms with Crippen LogP contribution in [0.4, 0.5) is 0 Å². The van der Waals surface area contributed by atoms with Crippen LogP contribution in [0, 0.1) is 0 Å². The molecule has 0 saturated heterocycles. The van der Waals surface area contributed by atoms with Crippen molar-refractivity contribution in [2.24, 2.45) is 0 Å². The van der Waals surface area contributed by atoms with Gasteiger partial charge in [-0.3, -0.25) is 5.10 Å². The van der Waals surface area contributed by atoms with Crippen LogP contribution in [0.15, 0.2) is 18.0 Å². The van der Waals surface area contributed by atoms with Crippen molar-refractivity contribution in [1.29, 1.82) is 0 Å². The summed E-state index contributed by atoms with van der Waals surface area (Å²) in [5.41, 5.74) is 1.07. The Morgan fingerprint density at radius 2 is 2.42 bits per heavy atom. The van der Waals surface area contributed by atoms with Crippen molar-refractivity contribution < 1.29 is 9.90 Å². The van der Waals surface area contributed by atoms with Gasteiger partial charge in [0.15, 0.2) is 0 Å². The van der Waals surface area contributed by atoms with E-state index in [1.807, 2.05) is 0 Å². The van der Waals surface area contributed by atoms with Crippen molar-refractivity contribution in [2.45, 2.75) is 6.92 Å². The largest absolute Gasteiger partial charge is 0.478 e. The van der Waals surface area contributed by atoms with Crippen LogP contribution in [0.5, 0.6) is 0 Å². The fourth-order valence-corrected chi connectivity index (χ4v) is 0.652. The molecule has 0 aliphatic heterocycles. The van der Waals surface area contributed by atoms with Gasteiger partial charge in [0.2, 0.25) is 0 Å². The van der Waals surface area contributed by atoms with Crippen LogP contribution in [0.3, 0.4) is 0 Å². The SMILES string of the molecule is C/C(=C\c1cn[nH]c1)C(=O)O.Cl. The second-order valence-corrected chi connectivity index (χ2v) is 2.16. The molecule has 0 radical (unpaired) electrons. The van der Waals surface area contributed by atoms with Gasteiger partial charge in [-0.15, -0.1) is 12.4 Å². The van der Waals surface area contributed by atoms with Crippen molar-refractivity contribution in [3.63, 3.8) is 0 Å². The molecular weight excluding hydrogens is 180 g/mol. The number of rotatable bonds is 2. The van der Waals surface area contributed by atoms with Crippen LogP contribution in [0.2, 0.25) is 0 Å². The zero-order valence-electron chi connectivity index (χ0n) is 6.44. The monoisotopic (exact) mass is 188 g/mol. The van der Waals surface area contributed by atoms with Crippen molar-refractivity contribution >= 4 is 24.5 Å². The maximum absolute atomic E-state index is 10.3. The quantitative estimate of drug-likeness (QED) is 0.688. The molecule has 0 spiro atoms. The zero-order chi connectivity index (χ0) is 8.27. The lowest BCUT2D eigenvalue weighted by atomic mass is 10.2. The van der Waals surface area contributed by atoms with E-state index in [0.717, 1.165) is 5.56 Å². The van der Waals surface area contributed by atoms with Crippen molar-refractivity contribution in [2.75, 3.05) is 0 Å². The molecule has 12 heavy (non-hydrogen) atoms. The first-order valence-electron chi connectivity index (χ1n) is 3.10. The van der Waals surface area contributed by atoms with Crippen LogP contribution in [0.25, 0.3) is 6.08 Å². The van der Waals surface area contributed by atoms with Gasteiger partial charge in [-0.25, -0.2) is 4.79 Å². The molecule has 0 aromatic carbocycles. The molecule has 4 nitrogen and oxygen atoms in total. The molecule has 0 aliphatic carbocycles. The standard InChI is InChI=1S/C7H8N2O2.ClH/c1-5(7(10)11)2-6-3-8-9-4-6;/h2-4H,1H3,(H,8,9)(H,10,11);1H/b5-2+;. The van der Waals surface area contributed by atoms with Crippen LogP contribution in [-0.4, -0.2) is 21.3 Å². The third-order valence-corrected chi connectivity index (χ3v) is 1.24. The molecule has 1 rings (SSSR count). The van der Waals surface area contributed by atoms with Crippen molar-refractivity contribution in [3.8, 4) is 0 Å². The summed E-state index contributed by atoms with van der Waals surface area (Å²) in [6.07, 6.45) is 4.74. The fraction of sp³-hybridized carbons (Fsp3) is 0.143. The number of halogens is 1. The van der Waals surface area contributed by atoms with Gasteiger partial charge in [0, 0.05) is 17.3 Å². The van der Waals surface area contributed by atoms with E-state index >= 15 is 0 Å². The molecule has 66 valence electrons. The first-order valence-corrected chi connectivity index (χ1v) is 3.10. The van der Waals surface area contributed by atoms with E-state index in [-0.39, 0.29) is 12.4 Å². The third kappa shape index (κ3) is 2.75. The minimum Gasteiger partial charge on any atom is -0.478 e. The third-order valence-electron chi connectivity index (χ3n) is 1.24. The molecule has 0 unspecified atom stereocenters. The molecule has 0 amide bonds. The first kappa shape index (κ1) is 10.7. The highest BCUT2D eigenvalue weighted by Gasteiger charge is 1.99. The molecule has 0 aliphatic rings. The number of hydrogen-bond donors (Lipinski definition) is 2. The molecule has 1 aromatic heterocycles. The highest BCUT2D eigenvalue weighted by Crippen LogP contribution is 2.02. The van der Waals surface area contributed by atoms with Gasteiger partial charge in [0.1, 0.15) is 0 Å². The number of aliphatic carboxylic acids is 1. The Morgan fingerprint density at radius 3 is 2.83 bits per heavy atom. The van der Waals surface area contributed by atoms with E-state index in [1.165, 1.54) is 6.92 Å². The number of carbonyl (C=O) groups is 1. The number of aromatic nitrogens is 2. The molecule has 0 bridgehead atoms. The van der Waals surface area contributed by atoms with Gasteiger partial charge in [-0.1, -0.05) is 0 Å². The summed E-state index contributed by atoms with van der Waals surface area (Å²) >= 11 is 0. The molecule has 2 N–H and O–H groups in total. The number of carboxylic acids is 1. The average molecular weight is 189 g/mol. The molecule has 1 heterocycles. The summed E-state index contributed by atoms with van der Waals surface area (Å²) in [5.74, 6) is -0.911. The van der Waals surface area contributed by atoms with Gasteiger partial charge in [-0.05, 0) is 13.0 Å². The van der Waals surface area contributed by atoms with E-state index in [9.17, 15) is 4.79 Å².